The molecule has 4 heteroatoms. The van der Waals surface area contributed by atoms with Gasteiger partial charge in [-0.3, -0.25) is 0 Å². The molecule has 1 aliphatic rings. The van der Waals surface area contributed by atoms with Crippen molar-refractivity contribution in [2.45, 2.75) is 38.5 Å². The molecule has 1 N–H and O–H groups in total. The second kappa shape index (κ2) is 6.94. The Labute approximate surface area is 120 Å². The van der Waals surface area contributed by atoms with Crippen LogP contribution in [0.3, 0.4) is 0 Å². The third-order valence-electron chi connectivity index (χ3n) is 3.11. The summed E-state index contributed by atoms with van der Waals surface area (Å²) >= 11 is 2.03. The van der Waals surface area contributed by atoms with Gasteiger partial charge >= 0.3 is 0 Å². The Morgan fingerprint density at radius 3 is 2.58 bits per heavy atom. The highest BCUT2D eigenvalue weighted by atomic mass is 32.2. The molecule has 3 nitrogen and oxygen atoms in total. The molecule has 0 aromatic heterocycles. The first-order valence-corrected chi connectivity index (χ1v) is 8.05. The Hall–Kier alpha value is -1.03. The van der Waals surface area contributed by atoms with Gasteiger partial charge in [-0.05, 0) is 32.4 Å². The summed E-state index contributed by atoms with van der Waals surface area (Å²) in [6.07, 6.45) is 1.22. The molecule has 0 bridgehead atoms. The monoisotopic (exact) mass is 281 g/mol. The van der Waals surface area contributed by atoms with Crippen LogP contribution in [0.4, 0.5) is 5.69 Å². The third-order valence-corrected chi connectivity index (χ3v) is 4.47. The van der Waals surface area contributed by atoms with Gasteiger partial charge in [0, 0.05) is 28.8 Å². The first-order valence-electron chi connectivity index (χ1n) is 7.00. The highest BCUT2D eigenvalue weighted by Crippen LogP contribution is 2.33. The van der Waals surface area contributed by atoms with E-state index in [2.05, 4.69) is 18.3 Å². The Kier molecular flexibility index (Phi) is 5.25. The minimum absolute atomic E-state index is 0.562. The van der Waals surface area contributed by atoms with Crippen molar-refractivity contribution >= 4 is 17.4 Å². The number of hydrogen-bond donors (Lipinski definition) is 1. The van der Waals surface area contributed by atoms with Gasteiger partial charge in [0.2, 0.25) is 0 Å². The maximum absolute atomic E-state index is 5.65. The van der Waals surface area contributed by atoms with Crippen molar-refractivity contribution < 1.29 is 9.47 Å². The first kappa shape index (κ1) is 14.4. The molecule has 0 aliphatic carbocycles. The van der Waals surface area contributed by atoms with Gasteiger partial charge < -0.3 is 14.8 Å². The average Bonchev–Trinajstić information content (AvgIpc) is 2.79. The highest BCUT2D eigenvalue weighted by Gasteiger charge is 2.21. The van der Waals surface area contributed by atoms with Crippen LogP contribution in [-0.4, -0.2) is 30.3 Å². The summed E-state index contributed by atoms with van der Waals surface area (Å²) < 4.78 is 11.2. The molecular formula is C15H23NO2S. The Morgan fingerprint density at radius 1 is 1.21 bits per heavy atom. The zero-order valence-electron chi connectivity index (χ0n) is 11.9. The lowest BCUT2D eigenvalue weighted by Crippen LogP contribution is -2.18. The molecule has 0 saturated carbocycles. The molecule has 1 fully saturated rings. The highest BCUT2D eigenvalue weighted by molar-refractivity contribution is 8.00. The number of rotatable bonds is 6. The van der Waals surface area contributed by atoms with Gasteiger partial charge in [0.15, 0.2) is 11.5 Å². The number of nitrogens with one attached hydrogen (secondary N) is 1. The minimum Gasteiger partial charge on any atom is -0.490 e. The van der Waals surface area contributed by atoms with E-state index in [9.17, 15) is 0 Å². The van der Waals surface area contributed by atoms with E-state index in [0.717, 1.165) is 22.4 Å². The molecule has 19 heavy (non-hydrogen) atoms. The minimum atomic E-state index is 0.562. The van der Waals surface area contributed by atoms with Crippen molar-refractivity contribution in [3.8, 4) is 11.5 Å². The quantitative estimate of drug-likeness (QED) is 0.859. The smallest absolute Gasteiger partial charge is 0.163 e. The van der Waals surface area contributed by atoms with E-state index in [1.165, 1.54) is 12.2 Å². The number of thioether (sulfide) groups is 1. The van der Waals surface area contributed by atoms with Gasteiger partial charge in [-0.15, -0.1) is 0 Å². The molecule has 1 heterocycles. The molecule has 2 unspecified atom stereocenters. The van der Waals surface area contributed by atoms with Crippen molar-refractivity contribution in [2.24, 2.45) is 0 Å². The van der Waals surface area contributed by atoms with Crippen molar-refractivity contribution in [3.05, 3.63) is 18.2 Å². The van der Waals surface area contributed by atoms with Crippen LogP contribution in [0, 0.1) is 0 Å². The van der Waals surface area contributed by atoms with Crippen LogP contribution in [0.25, 0.3) is 0 Å². The van der Waals surface area contributed by atoms with E-state index < -0.39 is 0 Å². The number of benzene rings is 1. The first-order chi connectivity index (χ1) is 9.22. The van der Waals surface area contributed by atoms with E-state index in [1.54, 1.807) is 0 Å². The molecule has 2 atom stereocenters. The molecule has 2 rings (SSSR count). The van der Waals surface area contributed by atoms with E-state index in [1.807, 2.05) is 37.7 Å². The van der Waals surface area contributed by atoms with Crippen LogP contribution < -0.4 is 14.8 Å². The molecular weight excluding hydrogens is 258 g/mol. The van der Waals surface area contributed by atoms with Gasteiger partial charge in [-0.2, -0.15) is 11.8 Å². The number of hydrogen-bond acceptors (Lipinski definition) is 4. The lowest BCUT2D eigenvalue weighted by atomic mass is 10.2. The fourth-order valence-electron chi connectivity index (χ4n) is 2.29. The maximum atomic E-state index is 5.65. The Balaban J connectivity index is 2.06. The summed E-state index contributed by atoms with van der Waals surface area (Å²) in [5.74, 6) is 2.83. The molecule has 1 saturated heterocycles. The van der Waals surface area contributed by atoms with Crippen molar-refractivity contribution in [1.29, 1.82) is 0 Å². The van der Waals surface area contributed by atoms with Gasteiger partial charge in [0.05, 0.1) is 13.2 Å². The predicted octanol–water partition coefficient (Wildman–Crippen LogP) is 3.79. The van der Waals surface area contributed by atoms with Crippen LogP contribution in [-0.2, 0) is 0 Å². The van der Waals surface area contributed by atoms with Crippen molar-refractivity contribution in [3.63, 3.8) is 0 Å². The van der Waals surface area contributed by atoms with E-state index in [0.29, 0.717) is 19.3 Å². The molecule has 106 valence electrons. The third kappa shape index (κ3) is 3.96. The standard InChI is InChI=1S/C15H23NO2S/c1-4-17-14-7-6-12(9-15(14)18-5-2)16-13-8-11(3)19-10-13/h6-7,9,11,13,16H,4-5,8,10H2,1-3H3. The van der Waals surface area contributed by atoms with Gasteiger partial charge in [-0.25, -0.2) is 0 Å². The van der Waals surface area contributed by atoms with Gasteiger partial charge in [-0.1, -0.05) is 6.92 Å². The Morgan fingerprint density at radius 2 is 1.95 bits per heavy atom. The molecule has 0 spiro atoms. The van der Waals surface area contributed by atoms with E-state index >= 15 is 0 Å². The zero-order valence-corrected chi connectivity index (χ0v) is 12.8. The van der Waals surface area contributed by atoms with Crippen LogP contribution in [0.1, 0.15) is 27.2 Å². The zero-order chi connectivity index (χ0) is 13.7. The largest absolute Gasteiger partial charge is 0.490 e. The SMILES string of the molecule is CCOc1ccc(NC2CSC(C)C2)cc1OCC. The topological polar surface area (TPSA) is 30.5 Å². The maximum Gasteiger partial charge on any atom is 0.163 e. The van der Waals surface area contributed by atoms with Gasteiger partial charge in [0.25, 0.3) is 0 Å². The molecule has 1 aliphatic heterocycles. The van der Waals surface area contributed by atoms with Crippen molar-refractivity contribution in [1.82, 2.24) is 0 Å². The van der Waals surface area contributed by atoms with Crippen LogP contribution in [0.5, 0.6) is 11.5 Å². The van der Waals surface area contributed by atoms with Crippen LogP contribution in [0.15, 0.2) is 18.2 Å². The van der Waals surface area contributed by atoms with E-state index in [-0.39, 0.29) is 0 Å². The number of ether oxygens (including phenoxy) is 2. The summed E-state index contributed by atoms with van der Waals surface area (Å²) in [4.78, 5) is 0. The van der Waals surface area contributed by atoms with Gasteiger partial charge in [0.1, 0.15) is 0 Å². The van der Waals surface area contributed by atoms with Crippen molar-refractivity contribution in [2.75, 3.05) is 24.3 Å². The summed E-state index contributed by atoms with van der Waals surface area (Å²) in [6.45, 7) is 7.57. The fourth-order valence-corrected chi connectivity index (χ4v) is 3.44. The molecule has 0 radical (unpaired) electrons. The fraction of sp³-hybridized carbons (Fsp3) is 0.600. The predicted molar refractivity (Wildman–Crippen MR) is 82.7 cm³/mol. The summed E-state index contributed by atoms with van der Waals surface area (Å²) in [7, 11) is 0. The molecule has 1 aromatic carbocycles. The second-order valence-corrected chi connectivity index (χ2v) is 6.22. The lowest BCUT2D eigenvalue weighted by Gasteiger charge is -2.16. The number of anilines is 1. The van der Waals surface area contributed by atoms with E-state index in [4.69, 9.17) is 9.47 Å². The molecule has 0 amide bonds. The second-order valence-electron chi connectivity index (χ2n) is 4.75. The molecule has 1 aromatic rings. The van der Waals surface area contributed by atoms with Crippen LogP contribution >= 0.6 is 11.8 Å². The lowest BCUT2D eigenvalue weighted by molar-refractivity contribution is 0.288. The summed E-state index contributed by atoms with van der Waals surface area (Å²) in [5.41, 5.74) is 1.12. The van der Waals surface area contributed by atoms with Crippen LogP contribution in [0.2, 0.25) is 0 Å². The summed E-state index contributed by atoms with van der Waals surface area (Å²) in [6, 6.07) is 6.67. The normalized spacial score (nSPS) is 22.3. The average molecular weight is 281 g/mol. The Bertz CT molecular complexity index is 411. The summed E-state index contributed by atoms with van der Waals surface area (Å²) in [5, 5.41) is 4.34.